The maximum atomic E-state index is 12.2. The molecule has 0 fully saturated rings. The lowest BCUT2D eigenvalue weighted by Crippen LogP contribution is -2.22. The number of rotatable bonds is 5. The van der Waals surface area contributed by atoms with Gasteiger partial charge in [-0.1, -0.05) is 48.2 Å². The summed E-state index contributed by atoms with van der Waals surface area (Å²) in [6.07, 6.45) is 1.74. The molecule has 0 aliphatic rings. The van der Waals surface area contributed by atoms with E-state index >= 15 is 0 Å². The van der Waals surface area contributed by atoms with Crippen LogP contribution in [-0.2, 0) is 15.8 Å². The minimum absolute atomic E-state index is 0.301. The Morgan fingerprint density at radius 2 is 1.88 bits per heavy atom. The van der Waals surface area contributed by atoms with Crippen LogP contribution in [0.5, 0.6) is 0 Å². The van der Waals surface area contributed by atoms with Crippen molar-refractivity contribution in [2.24, 2.45) is 0 Å². The van der Waals surface area contributed by atoms with Crippen LogP contribution in [-0.4, -0.2) is 37.0 Å². The van der Waals surface area contributed by atoms with Crippen LogP contribution in [0.2, 0.25) is 0 Å². The zero-order valence-electron chi connectivity index (χ0n) is 13.4. The summed E-state index contributed by atoms with van der Waals surface area (Å²) in [6.45, 7) is 0. The lowest BCUT2D eigenvalue weighted by Gasteiger charge is -2.12. The van der Waals surface area contributed by atoms with Crippen LogP contribution in [0.4, 0.5) is 0 Å². The molecule has 1 aromatic heterocycles. The highest BCUT2D eigenvalue weighted by Gasteiger charge is 2.17. The van der Waals surface area contributed by atoms with Gasteiger partial charge in [0.2, 0.25) is 10.0 Å². The van der Waals surface area contributed by atoms with Gasteiger partial charge in [-0.15, -0.1) is 5.10 Å². The van der Waals surface area contributed by atoms with Crippen molar-refractivity contribution in [3.05, 3.63) is 60.3 Å². The van der Waals surface area contributed by atoms with Gasteiger partial charge in [-0.05, 0) is 17.7 Å². The van der Waals surface area contributed by atoms with Gasteiger partial charge < -0.3 is 0 Å². The van der Waals surface area contributed by atoms with Gasteiger partial charge in [-0.2, -0.15) is 5.10 Å². The molecule has 3 aromatic rings. The number of aromatic nitrogens is 2. The Bertz CT molecular complexity index is 967. The van der Waals surface area contributed by atoms with Gasteiger partial charge in [0, 0.05) is 30.6 Å². The zero-order valence-corrected chi connectivity index (χ0v) is 15.0. The molecule has 3 rings (SSSR count). The number of fused-ring (bicyclic) bond motifs is 1. The van der Waals surface area contributed by atoms with Crippen molar-refractivity contribution in [1.29, 1.82) is 0 Å². The Hall–Kier alpha value is -1.96. The normalized spacial score (nSPS) is 12.0. The van der Waals surface area contributed by atoms with E-state index in [9.17, 15) is 8.42 Å². The highest BCUT2D eigenvalue weighted by atomic mass is 32.2. The van der Waals surface area contributed by atoms with Crippen LogP contribution in [0.15, 0.2) is 64.6 Å². The van der Waals surface area contributed by atoms with E-state index in [-0.39, 0.29) is 0 Å². The Kier molecular flexibility index (Phi) is 4.84. The summed E-state index contributed by atoms with van der Waals surface area (Å²) in [5, 5.41) is 11.2. The molecule has 0 aliphatic carbocycles. The molecule has 0 spiro atoms. The lowest BCUT2D eigenvalue weighted by atomic mass is 10.2. The van der Waals surface area contributed by atoms with Crippen LogP contribution < -0.4 is 0 Å². The fourth-order valence-corrected chi connectivity index (χ4v) is 4.17. The summed E-state index contributed by atoms with van der Waals surface area (Å²) in [4.78, 5) is 0.301. The van der Waals surface area contributed by atoms with E-state index in [1.807, 2.05) is 30.3 Å². The molecule has 0 amide bonds. The first-order valence-electron chi connectivity index (χ1n) is 7.33. The Labute approximate surface area is 145 Å². The van der Waals surface area contributed by atoms with E-state index < -0.39 is 10.0 Å². The molecule has 1 heterocycles. The van der Waals surface area contributed by atoms with E-state index in [0.29, 0.717) is 10.6 Å². The van der Waals surface area contributed by atoms with Gasteiger partial charge in [0.05, 0.1) is 11.1 Å². The number of hydrogen-bond acceptors (Lipinski definition) is 5. The minimum Gasteiger partial charge on any atom is -0.207 e. The zero-order chi connectivity index (χ0) is 17.2. The predicted molar refractivity (Wildman–Crippen MR) is 96.4 cm³/mol. The maximum absolute atomic E-state index is 12.2. The topological polar surface area (TPSA) is 63.2 Å². The monoisotopic (exact) mass is 359 g/mol. The van der Waals surface area contributed by atoms with Crippen molar-refractivity contribution in [2.45, 2.75) is 15.7 Å². The van der Waals surface area contributed by atoms with Crippen LogP contribution in [0.25, 0.3) is 10.8 Å². The standard InChI is InChI=1S/C17H17N3O2S2/c1-20(2)24(21,22)15-8-5-6-13(10-15)12-23-17-16-9-4-3-7-14(16)11-18-19-17/h3-11H,12H2,1-2H3. The molecule has 0 aliphatic heterocycles. The summed E-state index contributed by atoms with van der Waals surface area (Å²) in [7, 11) is -0.360. The second-order valence-corrected chi connectivity index (χ2v) is 8.58. The highest BCUT2D eigenvalue weighted by Crippen LogP contribution is 2.28. The lowest BCUT2D eigenvalue weighted by molar-refractivity contribution is 0.520. The van der Waals surface area contributed by atoms with E-state index in [1.54, 1.807) is 36.2 Å². The average Bonchev–Trinajstić information content (AvgIpc) is 2.60. The van der Waals surface area contributed by atoms with Crippen molar-refractivity contribution in [3.8, 4) is 0 Å². The van der Waals surface area contributed by atoms with Crippen LogP contribution in [0.3, 0.4) is 0 Å². The third-order valence-corrected chi connectivity index (χ3v) is 6.45. The molecule has 2 aromatic carbocycles. The van der Waals surface area contributed by atoms with Crippen molar-refractivity contribution >= 4 is 32.6 Å². The quantitative estimate of drug-likeness (QED) is 0.655. The summed E-state index contributed by atoms with van der Waals surface area (Å²) in [5.74, 6) is 0.624. The van der Waals surface area contributed by atoms with Crippen molar-refractivity contribution < 1.29 is 8.42 Å². The minimum atomic E-state index is -3.42. The second-order valence-electron chi connectivity index (χ2n) is 5.46. The average molecular weight is 359 g/mol. The summed E-state index contributed by atoms with van der Waals surface area (Å²) >= 11 is 1.55. The second kappa shape index (κ2) is 6.88. The third kappa shape index (κ3) is 3.43. The molecule has 0 radical (unpaired) electrons. The van der Waals surface area contributed by atoms with E-state index in [1.165, 1.54) is 18.4 Å². The van der Waals surface area contributed by atoms with Gasteiger partial charge in [-0.25, -0.2) is 12.7 Å². The molecule has 0 atom stereocenters. The number of nitrogens with zero attached hydrogens (tertiary/aromatic N) is 3. The smallest absolute Gasteiger partial charge is 0.207 e. The number of thioether (sulfide) groups is 1. The van der Waals surface area contributed by atoms with Crippen LogP contribution in [0, 0.1) is 0 Å². The van der Waals surface area contributed by atoms with Crippen LogP contribution >= 0.6 is 11.8 Å². The van der Waals surface area contributed by atoms with Crippen molar-refractivity contribution in [2.75, 3.05) is 14.1 Å². The molecular formula is C17H17N3O2S2. The molecule has 0 N–H and O–H groups in total. The Morgan fingerprint density at radius 1 is 1.08 bits per heavy atom. The Balaban J connectivity index is 1.85. The number of benzene rings is 2. The van der Waals surface area contributed by atoms with E-state index in [0.717, 1.165) is 21.4 Å². The molecule has 7 heteroatoms. The Morgan fingerprint density at radius 3 is 2.67 bits per heavy atom. The summed E-state index contributed by atoms with van der Waals surface area (Å²) in [5.41, 5.74) is 0.928. The third-order valence-electron chi connectivity index (χ3n) is 3.59. The summed E-state index contributed by atoms with van der Waals surface area (Å²) in [6, 6.07) is 15.0. The van der Waals surface area contributed by atoms with Gasteiger partial charge >= 0.3 is 0 Å². The molecule has 0 unspecified atom stereocenters. The predicted octanol–water partition coefficient (Wildman–Crippen LogP) is 3.17. The highest BCUT2D eigenvalue weighted by molar-refractivity contribution is 7.98. The number of sulfonamides is 1. The van der Waals surface area contributed by atoms with E-state index in [2.05, 4.69) is 10.2 Å². The fourth-order valence-electron chi connectivity index (χ4n) is 2.27. The molecular weight excluding hydrogens is 342 g/mol. The molecule has 0 bridgehead atoms. The maximum Gasteiger partial charge on any atom is 0.242 e. The summed E-state index contributed by atoms with van der Waals surface area (Å²) < 4.78 is 25.7. The largest absolute Gasteiger partial charge is 0.242 e. The number of hydrogen-bond donors (Lipinski definition) is 0. The molecule has 24 heavy (non-hydrogen) atoms. The van der Waals surface area contributed by atoms with Gasteiger partial charge in [0.25, 0.3) is 0 Å². The van der Waals surface area contributed by atoms with Crippen LogP contribution in [0.1, 0.15) is 5.56 Å². The van der Waals surface area contributed by atoms with Crippen molar-refractivity contribution in [3.63, 3.8) is 0 Å². The molecule has 5 nitrogen and oxygen atoms in total. The van der Waals surface area contributed by atoms with Gasteiger partial charge in [0.15, 0.2) is 0 Å². The first-order chi connectivity index (χ1) is 11.5. The molecule has 0 saturated carbocycles. The SMILES string of the molecule is CN(C)S(=O)(=O)c1cccc(CSc2nncc3ccccc23)c1. The van der Waals surface area contributed by atoms with E-state index in [4.69, 9.17) is 0 Å². The fraction of sp³-hybridized carbons (Fsp3) is 0.176. The molecule has 124 valence electrons. The first kappa shape index (κ1) is 16.9. The van der Waals surface area contributed by atoms with Crippen molar-refractivity contribution in [1.82, 2.24) is 14.5 Å². The van der Waals surface area contributed by atoms with Gasteiger partial charge in [0.1, 0.15) is 5.03 Å². The molecule has 0 saturated heterocycles. The first-order valence-corrected chi connectivity index (χ1v) is 9.76. The van der Waals surface area contributed by atoms with Gasteiger partial charge in [-0.3, -0.25) is 0 Å².